The first kappa shape index (κ1) is 18.7. The second-order valence-corrected chi connectivity index (χ2v) is 5.78. The minimum atomic E-state index is -0.954. The van der Waals surface area contributed by atoms with Crippen LogP contribution in [0.25, 0.3) is 0 Å². The standard InChI is InChI=1S/C13H8N4O8S/c18-14(19)9-3-1-8(2-4-9)7-26-13-11(16(22)23)5-10(15(20)21)6-12(13)17(24)25/h1-6H,7H2. The van der Waals surface area contributed by atoms with Crippen LogP contribution in [0.2, 0.25) is 0 Å². The highest BCUT2D eigenvalue weighted by atomic mass is 32.2. The third-order valence-corrected chi connectivity index (χ3v) is 4.35. The van der Waals surface area contributed by atoms with Crippen LogP contribution < -0.4 is 0 Å². The molecule has 12 nitrogen and oxygen atoms in total. The van der Waals surface area contributed by atoms with E-state index in [2.05, 4.69) is 0 Å². The molecule has 134 valence electrons. The summed E-state index contributed by atoms with van der Waals surface area (Å²) in [7, 11) is 0. The van der Waals surface area contributed by atoms with Crippen LogP contribution in [0.3, 0.4) is 0 Å². The molecule has 0 amide bonds. The Morgan fingerprint density at radius 3 is 1.54 bits per heavy atom. The lowest BCUT2D eigenvalue weighted by molar-refractivity contribution is -0.407. The number of nitrogens with zero attached hydrogens (tertiary/aromatic N) is 4. The topological polar surface area (TPSA) is 173 Å². The maximum absolute atomic E-state index is 11.2. The Morgan fingerprint density at radius 2 is 1.15 bits per heavy atom. The number of hydrogen-bond acceptors (Lipinski definition) is 9. The predicted octanol–water partition coefficient (Wildman–Crippen LogP) is 3.61. The van der Waals surface area contributed by atoms with Gasteiger partial charge in [-0.3, -0.25) is 40.5 Å². The van der Waals surface area contributed by atoms with Crippen molar-refractivity contribution >= 4 is 34.5 Å². The number of rotatable bonds is 7. The summed E-state index contributed by atoms with van der Waals surface area (Å²) in [6, 6.07) is 6.60. The van der Waals surface area contributed by atoms with E-state index in [0.29, 0.717) is 17.7 Å². The van der Waals surface area contributed by atoms with Crippen molar-refractivity contribution in [1.82, 2.24) is 0 Å². The van der Waals surface area contributed by atoms with Crippen molar-refractivity contribution in [3.05, 3.63) is 82.4 Å². The summed E-state index contributed by atoms with van der Waals surface area (Å²) in [6.07, 6.45) is 0. The third kappa shape index (κ3) is 4.07. The maximum Gasteiger partial charge on any atom is 0.296 e. The van der Waals surface area contributed by atoms with Gasteiger partial charge in [0.2, 0.25) is 0 Å². The molecule has 2 aromatic rings. The van der Waals surface area contributed by atoms with E-state index in [4.69, 9.17) is 0 Å². The quantitative estimate of drug-likeness (QED) is 0.395. The summed E-state index contributed by atoms with van der Waals surface area (Å²) in [4.78, 5) is 40.0. The number of thioether (sulfide) groups is 1. The van der Waals surface area contributed by atoms with Crippen molar-refractivity contribution in [3.8, 4) is 0 Å². The molecule has 0 saturated heterocycles. The molecule has 0 heterocycles. The smallest absolute Gasteiger partial charge is 0.258 e. The lowest BCUT2D eigenvalue weighted by Gasteiger charge is -2.05. The molecule has 2 aromatic carbocycles. The van der Waals surface area contributed by atoms with E-state index in [9.17, 15) is 40.5 Å². The fourth-order valence-electron chi connectivity index (χ4n) is 1.98. The van der Waals surface area contributed by atoms with Crippen molar-refractivity contribution in [1.29, 1.82) is 0 Å². The van der Waals surface area contributed by atoms with E-state index in [-0.39, 0.29) is 16.3 Å². The largest absolute Gasteiger partial charge is 0.296 e. The molecule has 0 spiro atoms. The number of hydrogen-bond donors (Lipinski definition) is 0. The van der Waals surface area contributed by atoms with Gasteiger partial charge >= 0.3 is 0 Å². The second-order valence-electron chi connectivity index (χ2n) is 4.80. The Balaban J connectivity index is 2.40. The lowest BCUT2D eigenvalue weighted by Crippen LogP contribution is -2.00. The molecule has 0 atom stereocenters. The molecule has 0 aliphatic rings. The minimum Gasteiger partial charge on any atom is -0.258 e. The third-order valence-electron chi connectivity index (χ3n) is 3.17. The van der Waals surface area contributed by atoms with Crippen LogP contribution in [-0.4, -0.2) is 19.7 Å². The van der Waals surface area contributed by atoms with Crippen LogP contribution in [0.15, 0.2) is 41.3 Å². The minimum absolute atomic E-state index is 0.0392. The van der Waals surface area contributed by atoms with Crippen molar-refractivity contribution in [2.24, 2.45) is 0 Å². The first-order chi connectivity index (χ1) is 12.2. The van der Waals surface area contributed by atoms with Crippen molar-refractivity contribution < 1.29 is 19.7 Å². The van der Waals surface area contributed by atoms with Crippen molar-refractivity contribution in [2.75, 3.05) is 0 Å². The van der Waals surface area contributed by atoms with E-state index in [1.54, 1.807) is 0 Å². The van der Waals surface area contributed by atoms with Crippen LogP contribution in [0, 0.1) is 40.5 Å². The molecule has 0 aliphatic carbocycles. The van der Waals surface area contributed by atoms with E-state index >= 15 is 0 Å². The monoisotopic (exact) mass is 380 g/mol. The molecule has 0 fully saturated rings. The summed E-state index contributed by atoms with van der Waals surface area (Å²) < 4.78 is 0. The molecule has 0 unspecified atom stereocenters. The van der Waals surface area contributed by atoms with Gasteiger partial charge in [0.05, 0.1) is 31.8 Å². The van der Waals surface area contributed by atoms with Gasteiger partial charge in [0.1, 0.15) is 0 Å². The first-order valence-electron chi connectivity index (χ1n) is 6.68. The van der Waals surface area contributed by atoms with Crippen LogP contribution in [0.1, 0.15) is 5.56 Å². The van der Waals surface area contributed by atoms with Gasteiger partial charge in [-0.05, 0) is 5.56 Å². The van der Waals surface area contributed by atoms with E-state index in [1.807, 2.05) is 0 Å². The van der Waals surface area contributed by atoms with Crippen LogP contribution in [0.4, 0.5) is 22.7 Å². The average Bonchev–Trinajstić information content (AvgIpc) is 2.59. The molecule has 0 N–H and O–H groups in total. The van der Waals surface area contributed by atoms with Crippen molar-refractivity contribution in [2.45, 2.75) is 10.6 Å². The summed E-state index contributed by atoms with van der Waals surface area (Å²) in [6.45, 7) is 0. The SMILES string of the molecule is O=[N+]([O-])c1ccc(CSc2c([N+](=O)[O-])cc([N+](=O)[O-])cc2[N+](=O)[O-])cc1. The Morgan fingerprint density at radius 1 is 0.692 bits per heavy atom. The van der Waals surface area contributed by atoms with Gasteiger partial charge in [0.15, 0.2) is 4.90 Å². The molecule has 0 radical (unpaired) electrons. The first-order valence-corrected chi connectivity index (χ1v) is 7.66. The summed E-state index contributed by atoms with van der Waals surface area (Å²) >= 11 is 0.742. The number of non-ortho nitro benzene ring substituents is 2. The molecular weight excluding hydrogens is 372 g/mol. The molecule has 0 aromatic heterocycles. The molecule has 2 rings (SSSR count). The Kier molecular flexibility index (Phi) is 5.42. The fourth-order valence-corrected chi connectivity index (χ4v) is 3.04. The van der Waals surface area contributed by atoms with Gasteiger partial charge in [-0.2, -0.15) is 0 Å². The maximum atomic E-state index is 11.2. The van der Waals surface area contributed by atoms with Gasteiger partial charge in [0, 0.05) is 17.9 Å². The molecule has 0 saturated carbocycles. The molecule has 0 bridgehead atoms. The molecule has 26 heavy (non-hydrogen) atoms. The Hall–Kier alpha value is -3.61. The van der Waals surface area contributed by atoms with Gasteiger partial charge in [-0.25, -0.2) is 0 Å². The number of nitro benzene ring substituents is 4. The summed E-state index contributed by atoms with van der Waals surface area (Å²) in [5.41, 5.74) is -1.88. The molecular formula is C13H8N4O8S. The Labute approximate surface area is 148 Å². The highest BCUT2D eigenvalue weighted by Gasteiger charge is 2.30. The predicted molar refractivity (Wildman–Crippen MR) is 89.1 cm³/mol. The van der Waals surface area contributed by atoms with Gasteiger partial charge in [-0.15, -0.1) is 11.8 Å². The van der Waals surface area contributed by atoms with E-state index in [0.717, 1.165) is 11.8 Å². The van der Waals surface area contributed by atoms with Crippen LogP contribution >= 0.6 is 11.8 Å². The Bertz CT molecular complexity index is 880. The van der Waals surface area contributed by atoms with Crippen LogP contribution in [0.5, 0.6) is 0 Å². The van der Waals surface area contributed by atoms with Crippen LogP contribution in [-0.2, 0) is 5.75 Å². The summed E-state index contributed by atoms with van der Waals surface area (Å²) in [5.74, 6) is 0.0392. The lowest BCUT2D eigenvalue weighted by atomic mass is 10.2. The second kappa shape index (κ2) is 7.52. The number of nitro groups is 4. The highest BCUT2D eigenvalue weighted by molar-refractivity contribution is 7.98. The zero-order valence-corrected chi connectivity index (χ0v) is 13.5. The zero-order chi connectivity index (χ0) is 19.4. The fraction of sp³-hybridized carbons (Fsp3) is 0.0769. The normalized spacial score (nSPS) is 10.3. The zero-order valence-electron chi connectivity index (χ0n) is 12.6. The van der Waals surface area contributed by atoms with Crippen molar-refractivity contribution in [3.63, 3.8) is 0 Å². The van der Waals surface area contributed by atoms with Gasteiger partial charge in [0.25, 0.3) is 22.7 Å². The van der Waals surface area contributed by atoms with E-state index < -0.39 is 36.8 Å². The average molecular weight is 380 g/mol. The van der Waals surface area contributed by atoms with Gasteiger partial charge in [-0.1, -0.05) is 12.1 Å². The highest BCUT2D eigenvalue weighted by Crippen LogP contribution is 2.41. The van der Waals surface area contributed by atoms with E-state index in [1.165, 1.54) is 24.3 Å². The number of benzene rings is 2. The van der Waals surface area contributed by atoms with Gasteiger partial charge < -0.3 is 0 Å². The molecule has 13 heteroatoms. The molecule has 0 aliphatic heterocycles. The summed E-state index contributed by atoms with van der Waals surface area (Å²) in [5, 5.41) is 43.8.